The lowest BCUT2D eigenvalue weighted by molar-refractivity contribution is 0.502. The van der Waals surface area contributed by atoms with E-state index >= 15 is 0 Å². The lowest BCUT2D eigenvalue weighted by Crippen LogP contribution is -2.29. The molecule has 1 atom stereocenters. The monoisotopic (exact) mass is 284 g/mol. The molecule has 0 radical (unpaired) electrons. The molecule has 3 nitrogen and oxygen atoms in total. The molecule has 5 heteroatoms. The molecule has 0 aliphatic rings. The summed E-state index contributed by atoms with van der Waals surface area (Å²) in [6.07, 6.45) is 2.47. The lowest BCUT2D eigenvalue weighted by atomic mass is 9.99. The molecule has 0 aliphatic carbocycles. The Morgan fingerprint density at radius 3 is 2.67 bits per heavy atom. The highest BCUT2D eigenvalue weighted by molar-refractivity contribution is 6.42. The van der Waals surface area contributed by atoms with Gasteiger partial charge in [-0.25, -0.2) is 5.43 Å². The Labute approximate surface area is 116 Å². The Kier molecular flexibility index (Phi) is 4.30. The first kappa shape index (κ1) is 13.4. The number of benzene rings is 1. The Balaban J connectivity index is 2.42. The summed E-state index contributed by atoms with van der Waals surface area (Å²) < 4.78 is 5.42. The number of hydrogen-bond acceptors (Lipinski definition) is 3. The largest absolute Gasteiger partial charge is 0.469 e. The molecule has 18 heavy (non-hydrogen) atoms. The van der Waals surface area contributed by atoms with Crippen LogP contribution in [0.15, 0.2) is 34.9 Å². The molecule has 2 rings (SSSR count). The maximum Gasteiger partial charge on any atom is 0.108 e. The number of nitrogens with one attached hydrogen (secondary N) is 1. The van der Waals surface area contributed by atoms with Crippen molar-refractivity contribution in [3.63, 3.8) is 0 Å². The second-order valence-electron chi connectivity index (χ2n) is 3.93. The summed E-state index contributed by atoms with van der Waals surface area (Å²) in [4.78, 5) is 0. The van der Waals surface area contributed by atoms with Gasteiger partial charge in [-0.05, 0) is 23.8 Å². The van der Waals surface area contributed by atoms with Crippen molar-refractivity contribution in [2.75, 3.05) is 0 Å². The third kappa shape index (κ3) is 2.54. The molecule has 0 saturated carbocycles. The number of rotatable bonds is 4. The molecule has 2 aromatic rings. The first-order valence-electron chi connectivity index (χ1n) is 5.64. The molecule has 0 amide bonds. The Hall–Kier alpha value is -1.000. The van der Waals surface area contributed by atoms with Crippen molar-refractivity contribution in [3.8, 4) is 0 Å². The Morgan fingerprint density at radius 2 is 2.06 bits per heavy atom. The van der Waals surface area contributed by atoms with E-state index in [1.807, 2.05) is 19.1 Å². The smallest absolute Gasteiger partial charge is 0.108 e. The predicted molar refractivity (Wildman–Crippen MR) is 73.7 cm³/mol. The van der Waals surface area contributed by atoms with Crippen LogP contribution in [0.3, 0.4) is 0 Å². The molecular formula is C13H14Cl2N2O. The van der Waals surface area contributed by atoms with Crippen LogP contribution in [0.25, 0.3) is 0 Å². The Bertz CT molecular complexity index is 540. The van der Waals surface area contributed by atoms with Gasteiger partial charge in [-0.2, -0.15) is 0 Å². The van der Waals surface area contributed by atoms with Crippen LogP contribution in [0.2, 0.25) is 10.0 Å². The summed E-state index contributed by atoms with van der Waals surface area (Å²) in [7, 11) is 0. The standard InChI is InChI=1S/C13H14Cl2N2O/c1-2-12-9(5-6-18-12)13(17-16)8-3-4-10(14)11(15)7-8/h3-7,13,17H,2,16H2,1H3. The maximum atomic E-state index is 6.03. The molecule has 1 aromatic heterocycles. The van der Waals surface area contributed by atoms with Gasteiger partial charge in [0.1, 0.15) is 5.76 Å². The lowest BCUT2D eigenvalue weighted by Gasteiger charge is -2.17. The van der Waals surface area contributed by atoms with E-state index in [0.29, 0.717) is 10.0 Å². The van der Waals surface area contributed by atoms with Gasteiger partial charge in [-0.1, -0.05) is 36.2 Å². The topological polar surface area (TPSA) is 51.2 Å². The number of furan rings is 1. The van der Waals surface area contributed by atoms with Crippen molar-refractivity contribution in [3.05, 3.63) is 57.5 Å². The Morgan fingerprint density at radius 1 is 1.28 bits per heavy atom. The fraction of sp³-hybridized carbons (Fsp3) is 0.231. The molecule has 1 heterocycles. The fourth-order valence-electron chi connectivity index (χ4n) is 1.95. The number of nitrogens with two attached hydrogens (primary N) is 1. The number of halogens is 2. The molecule has 0 saturated heterocycles. The van der Waals surface area contributed by atoms with Crippen molar-refractivity contribution < 1.29 is 4.42 Å². The minimum Gasteiger partial charge on any atom is -0.469 e. The van der Waals surface area contributed by atoms with Gasteiger partial charge in [0, 0.05) is 12.0 Å². The zero-order chi connectivity index (χ0) is 13.1. The van der Waals surface area contributed by atoms with Crippen molar-refractivity contribution in [1.82, 2.24) is 5.43 Å². The predicted octanol–water partition coefficient (Wildman–Crippen LogP) is 3.70. The molecule has 3 N–H and O–H groups in total. The normalized spacial score (nSPS) is 12.7. The highest BCUT2D eigenvalue weighted by atomic mass is 35.5. The minimum atomic E-state index is -0.159. The van der Waals surface area contributed by atoms with E-state index in [1.54, 1.807) is 18.4 Å². The minimum absolute atomic E-state index is 0.159. The van der Waals surface area contributed by atoms with Crippen molar-refractivity contribution in [2.45, 2.75) is 19.4 Å². The van der Waals surface area contributed by atoms with Crippen LogP contribution in [-0.2, 0) is 6.42 Å². The number of aryl methyl sites for hydroxylation is 1. The van der Waals surface area contributed by atoms with E-state index in [1.165, 1.54) is 0 Å². The summed E-state index contributed by atoms with van der Waals surface area (Å²) in [6.45, 7) is 2.03. The van der Waals surface area contributed by atoms with Crippen LogP contribution in [0.5, 0.6) is 0 Å². The zero-order valence-corrected chi connectivity index (χ0v) is 11.4. The number of hydrogen-bond donors (Lipinski definition) is 2. The van der Waals surface area contributed by atoms with Crippen molar-refractivity contribution in [2.24, 2.45) is 5.84 Å². The highest BCUT2D eigenvalue weighted by Crippen LogP contribution is 2.30. The quantitative estimate of drug-likeness (QED) is 0.665. The average molecular weight is 285 g/mol. The third-order valence-corrected chi connectivity index (χ3v) is 3.59. The second kappa shape index (κ2) is 5.76. The first-order chi connectivity index (χ1) is 8.67. The molecule has 0 aliphatic heterocycles. The van der Waals surface area contributed by atoms with Gasteiger partial charge < -0.3 is 4.42 Å². The SMILES string of the molecule is CCc1occc1C(NN)c1ccc(Cl)c(Cl)c1. The summed E-state index contributed by atoms with van der Waals surface area (Å²) in [6, 6.07) is 7.21. The van der Waals surface area contributed by atoms with Crippen LogP contribution in [0.4, 0.5) is 0 Å². The van der Waals surface area contributed by atoms with E-state index < -0.39 is 0 Å². The molecule has 0 bridgehead atoms. The summed E-state index contributed by atoms with van der Waals surface area (Å²) >= 11 is 11.9. The molecule has 96 valence electrons. The third-order valence-electron chi connectivity index (χ3n) is 2.86. The van der Waals surface area contributed by atoms with E-state index in [2.05, 4.69) is 5.43 Å². The zero-order valence-electron chi connectivity index (χ0n) is 9.91. The highest BCUT2D eigenvalue weighted by Gasteiger charge is 2.18. The van der Waals surface area contributed by atoms with Crippen LogP contribution >= 0.6 is 23.2 Å². The summed E-state index contributed by atoms with van der Waals surface area (Å²) in [5.41, 5.74) is 4.74. The summed E-state index contributed by atoms with van der Waals surface area (Å²) in [5.74, 6) is 6.55. The second-order valence-corrected chi connectivity index (χ2v) is 4.74. The van der Waals surface area contributed by atoms with Gasteiger partial charge in [0.25, 0.3) is 0 Å². The van der Waals surface area contributed by atoms with Gasteiger partial charge in [-0.3, -0.25) is 5.84 Å². The molecule has 0 fully saturated rings. The van der Waals surface area contributed by atoms with E-state index in [0.717, 1.165) is 23.3 Å². The number of hydrazine groups is 1. The van der Waals surface area contributed by atoms with Crippen LogP contribution in [-0.4, -0.2) is 0 Å². The molecular weight excluding hydrogens is 271 g/mol. The first-order valence-corrected chi connectivity index (χ1v) is 6.40. The molecule has 0 spiro atoms. The molecule has 1 unspecified atom stereocenters. The van der Waals surface area contributed by atoms with E-state index in [4.69, 9.17) is 33.5 Å². The average Bonchev–Trinajstić information content (AvgIpc) is 2.83. The fourth-order valence-corrected chi connectivity index (χ4v) is 2.26. The van der Waals surface area contributed by atoms with Crippen molar-refractivity contribution >= 4 is 23.2 Å². The maximum absolute atomic E-state index is 6.03. The van der Waals surface area contributed by atoms with Gasteiger partial charge in [0.05, 0.1) is 22.4 Å². The van der Waals surface area contributed by atoms with E-state index in [-0.39, 0.29) is 6.04 Å². The van der Waals surface area contributed by atoms with Gasteiger partial charge in [0.2, 0.25) is 0 Å². The summed E-state index contributed by atoms with van der Waals surface area (Å²) in [5, 5.41) is 1.04. The van der Waals surface area contributed by atoms with Crippen LogP contribution in [0.1, 0.15) is 29.9 Å². The van der Waals surface area contributed by atoms with Gasteiger partial charge in [-0.15, -0.1) is 0 Å². The van der Waals surface area contributed by atoms with Gasteiger partial charge >= 0.3 is 0 Å². The van der Waals surface area contributed by atoms with Crippen LogP contribution < -0.4 is 11.3 Å². The van der Waals surface area contributed by atoms with Crippen molar-refractivity contribution in [1.29, 1.82) is 0 Å². The van der Waals surface area contributed by atoms with Crippen LogP contribution in [0, 0.1) is 0 Å². The van der Waals surface area contributed by atoms with Gasteiger partial charge in [0.15, 0.2) is 0 Å². The van der Waals surface area contributed by atoms with E-state index in [9.17, 15) is 0 Å². The molecule has 1 aromatic carbocycles.